The van der Waals surface area contributed by atoms with Gasteiger partial charge in [-0.3, -0.25) is 4.79 Å². The monoisotopic (exact) mass is 314 g/mol. The smallest absolute Gasteiger partial charge is 0.330 e. The first-order valence-corrected chi connectivity index (χ1v) is 7.66. The second kappa shape index (κ2) is 7.13. The van der Waals surface area contributed by atoms with E-state index in [4.69, 9.17) is 14.2 Å². The van der Waals surface area contributed by atoms with Crippen molar-refractivity contribution in [3.63, 3.8) is 0 Å². The summed E-state index contributed by atoms with van der Waals surface area (Å²) in [6, 6.07) is 5.72. The molecule has 2 aliphatic rings. The molecule has 3 rings (SSSR count). The molecule has 0 spiro atoms. The summed E-state index contributed by atoms with van der Waals surface area (Å²) in [5.74, 6) is 1.22. The Hall–Kier alpha value is -2.56. The molecule has 5 nitrogen and oxygen atoms in total. The number of esters is 1. The quantitative estimate of drug-likeness (QED) is 0.597. The molecule has 1 aromatic rings. The first-order chi connectivity index (χ1) is 11.2. The standard InChI is InChI=1S/C18H18O5/c19-14(3-1-4-15-5-2-6-18(20)23-15)9-7-13-8-10-16-17(11-13)22-12-21-16/h1-3,6,8,10-11,15H,4-5,7,9,12H2/b3-1+/t15-/m1/s1. The van der Waals surface area contributed by atoms with E-state index >= 15 is 0 Å². The van der Waals surface area contributed by atoms with Crippen molar-refractivity contribution in [3.05, 3.63) is 48.1 Å². The van der Waals surface area contributed by atoms with Crippen LogP contribution in [-0.2, 0) is 20.7 Å². The molecule has 5 heteroatoms. The van der Waals surface area contributed by atoms with E-state index < -0.39 is 0 Å². The third kappa shape index (κ3) is 4.22. The Kier molecular flexibility index (Phi) is 4.76. The number of carbonyl (C=O) groups is 2. The van der Waals surface area contributed by atoms with Crippen LogP contribution >= 0.6 is 0 Å². The molecule has 0 aromatic heterocycles. The zero-order chi connectivity index (χ0) is 16.1. The molecule has 0 amide bonds. The molecule has 0 fully saturated rings. The van der Waals surface area contributed by atoms with Crippen molar-refractivity contribution in [1.82, 2.24) is 0 Å². The van der Waals surface area contributed by atoms with Gasteiger partial charge in [0.1, 0.15) is 6.10 Å². The number of cyclic esters (lactones) is 1. The second-order valence-corrected chi connectivity index (χ2v) is 5.49. The number of aryl methyl sites for hydroxylation is 1. The van der Waals surface area contributed by atoms with Crippen LogP contribution in [0.15, 0.2) is 42.5 Å². The summed E-state index contributed by atoms with van der Waals surface area (Å²) >= 11 is 0. The molecule has 0 unspecified atom stereocenters. The molecule has 0 N–H and O–H groups in total. The van der Waals surface area contributed by atoms with Crippen LogP contribution in [0.25, 0.3) is 0 Å². The molecule has 0 saturated heterocycles. The maximum Gasteiger partial charge on any atom is 0.330 e. The number of allylic oxidation sites excluding steroid dienone is 1. The van der Waals surface area contributed by atoms with Crippen molar-refractivity contribution in [3.8, 4) is 11.5 Å². The van der Waals surface area contributed by atoms with E-state index in [-0.39, 0.29) is 24.6 Å². The van der Waals surface area contributed by atoms with Gasteiger partial charge in [-0.25, -0.2) is 4.79 Å². The van der Waals surface area contributed by atoms with Gasteiger partial charge in [-0.2, -0.15) is 0 Å². The highest BCUT2D eigenvalue weighted by molar-refractivity contribution is 5.89. The van der Waals surface area contributed by atoms with E-state index in [2.05, 4.69) is 0 Å². The highest BCUT2D eigenvalue weighted by Crippen LogP contribution is 2.32. The van der Waals surface area contributed by atoms with Crippen LogP contribution in [0.3, 0.4) is 0 Å². The fourth-order valence-electron chi connectivity index (χ4n) is 2.51. The number of carbonyl (C=O) groups excluding carboxylic acids is 2. The molecule has 0 bridgehead atoms. The Bertz CT molecular complexity index is 659. The molecule has 0 saturated carbocycles. The van der Waals surface area contributed by atoms with E-state index in [1.165, 1.54) is 6.08 Å². The lowest BCUT2D eigenvalue weighted by molar-refractivity contribution is -0.143. The van der Waals surface area contributed by atoms with Crippen LogP contribution in [-0.4, -0.2) is 24.6 Å². The minimum atomic E-state index is -0.316. The lowest BCUT2D eigenvalue weighted by Gasteiger charge is -2.16. The second-order valence-electron chi connectivity index (χ2n) is 5.49. The Morgan fingerprint density at radius 3 is 3.00 bits per heavy atom. The highest BCUT2D eigenvalue weighted by Gasteiger charge is 2.15. The normalized spacial score (nSPS) is 19.1. The van der Waals surface area contributed by atoms with E-state index in [0.717, 1.165) is 17.1 Å². The summed E-state index contributed by atoms with van der Waals surface area (Å²) in [5, 5.41) is 0. The average Bonchev–Trinajstić information content (AvgIpc) is 3.00. The third-order valence-electron chi connectivity index (χ3n) is 3.74. The minimum absolute atomic E-state index is 0.0559. The third-order valence-corrected chi connectivity index (χ3v) is 3.74. The van der Waals surface area contributed by atoms with Crippen LogP contribution in [0.1, 0.15) is 24.8 Å². The van der Waals surface area contributed by atoms with Gasteiger partial charge >= 0.3 is 5.97 Å². The Morgan fingerprint density at radius 2 is 2.13 bits per heavy atom. The van der Waals surface area contributed by atoms with Gasteiger partial charge < -0.3 is 14.2 Å². The van der Waals surface area contributed by atoms with Crippen molar-refractivity contribution >= 4 is 11.8 Å². The fourth-order valence-corrected chi connectivity index (χ4v) is 2.51. The number of ketones is 1. The number of fused-ring (bicyclic) bond motifs is 1. The summed E-state index contributed by atoms with van der Waals surface area (Å²) in [6.07, 6.45) is 8.75. The lowest BCUT2D eigenvalue weighted by atomic mass is 10.1. The molecular formula is C18H18O5. The first-order valence-electron chi connectivity index (χ1n) is 7.66. The molecule has 23 heavy (non-hydrogen) atoms. The van der Waals surface area contributed by atoms with Crippen molar-refractivity contribution in [2.75, 3.05) is 6.79 Å². The van der Waals surface area contributed by atoms with Gasteiger partial charge in [-0.15, -0.1) is 0 Å². The van der Waals surface area contributed by atoms with Gasteiger partial charge in [0.25, 0.3) is 0 Å². The van der Waals surface area contributed by atoms with Gasteiger partial charge in [0.2, 0.25) is 6.79 Å². The summed E-state index contributed by atoms with van der Waals surface area (Å²) in [5.41, 5.74) is 1.04. The Morgan fingerprint density at radius 1 is 1.26 bits per heavy atom. The van der Waals surface area contributed by atoms with Gasteiger partial charge in [0.05, 0.1) is 0 Å². The molecule has 0 radical (unpaired) electrons. The molecule has 0 aliphatic carbocycles. The fraction of sp³-hybridized carbons (Fsp3) is 0.333. The van der Waals surface area contributed by atoms with Crippen molar-refractivity contribution in [2.45, 2.75) is 31.8 Å². The molecule has 1 atom stereocenters. The van der Waals surface area contributed by atoms with Crippen LogP contribution in [0.4, 0.5) is 0 Å². The van der Waals surface area contributed by atoms with Crippen LogP contribution in [0, 0.1) is 0 Å². The predicted molar refractivity (Wildman–Crippen MR) is 83.3 cm³/mol. The number of hydrogen-bond acceptors (Lipinski definition) is 5. The predicted octanol–water partition coefficient (Wildman–Crippen LogP) is 2.74. The summed E-state index contributed by atoms with van der Waals surface area (Å²) < 4.78 is 15.7. The highest BCUT2D eigenvalue weighted by atomic mass is 16.7. The summed E-state index contributed by atoms with van der Waals surface area (Å²) in [4.78, 5) is 23.0. The number of benzene rings is 1. The number of ether oxygens (including phenoxy) is 3. The van der Waals surface area contributed by atoms with E-state index in [1.807, 2.05) is 18.2 Å². The molecule has 2 aliphatic heterocycles. The van der Waals surface area contributed by atoms with Crippen LogP contribution < -0.4 is 9.47 Å². The summed E-state index contributed by atoms with van der Waals surface area (Å²) in [6.45, 7) is 0.251. The zero-order valence-electron chi connectivity index (χ0n) is 12.7. The topological polar surface area (TPSA) is 61.8 Å². The summed E-state index contributed by atoms with van der Waals surface area (Å²) in [7, 11) is 0. The van der Waals surface area contributed by atoms with Crippen molar-refractivity contribution < 1.29 is 23.8 Å². The van der Waals surface area contributed by atoms with E-state index in [0.29, 0.717) is 25.7 Å². The number of rotatable bonds is 6. The van der Waals surface area contributed by atoms with Crippen molar-refractivity contribution in [1.29, 1.82) is 0 Å². The maximum atomic E-state index is 11.9. The Balaban J connectivity index is 1.43. The molecule has 120 valence electrons. The zero-order valence-corrected chi connectivity index (χ0v) is 12.7. The van der Waals surface area contributed by atoms with Crippen LogP contribution in [0.2, 0.25) is 0 Å². The maximum absolute atomic E-state index is 11.9. The SMILES string of the molecule is O=C(/C=C/C[C@@H]1CC=CC(=O)O1)CCc1ccc2c(c1)OCO2. The molecule has 2 heterocycles. The lowest BCUT2D eigenvalue weighted by Crippen LogP contribution is -2.19. The molecule has 1 aromatic carbocycles. The van der Waals surface area contributed by atoms with Gasteiger partial charge in [0.15, 0.2) is 17.3 Å². The molecular weight excluding hydrogens is 296 g/mol. The van der Waals surface area contributed by atoms with E-state index in [1.54, 1.807) is 18.2 Å². The first kappa shape index (κ1) is 15.3. The van der Waals surface area contributed by atoms with Crippen LogP contribution in [0.5, 0.6) is 11.5 Å². The average molecular weight is 314 g/mol. The number of hydrogen-bond donors (Lipinski definition) is 0. The Labute approximate surface area is 134 Å². The van der Waals surface area contributed by atoms with Gasteiger partial charge in [0, 0.05) is 25.3 Å². The largest absolute Gasteiger partial charge is 0.459 e. The van der Waals surface area contributed by atoms with Crippen molar-refractivity contribution in [2.24, 2.45) is 0 Å². The van der Waals surface area contributed by atoms with Gasteiger partial charge in [-0.1, -0.05) is 18.2 Å². The van der Waals surface area contributed by atoms with Gasteiger partial charge in [-0.05, 0) is 30.2 Å². The van der Waals surface area contributed by atoms with E-state index in [9.17, 15) is 9.59 Å². The minimum Gasteiger partial charge on any atom is -0.459 e.